The van der Waals surface area contributed by atoms with Gasteiger partial charge in [0.05, 0.1) is 17.8 Å². The van der Waals surface area contributed by atoms with Gasteiger partial charge in [-0.15, -0.1) is 0 Å². The Balaban J connectivity index is 1.45. The molecule has 0 unspecified atom stereocenters. The summed E-state index contributed by atoms with van der Waals surface area (Å²) in [7, 11) is 0. The maximum Gasteiger partial charge on any atom is 0.406 e. The maximum absolute atomic E-state index is 13.4. The second-order valence-electron chi connectivity index (χ2n) is 8.38. The van der Waals surface area contributed by atoms with E-state index in [0.29, 0.717) is 16.8 Å². The molecule has 0 radical (unpaired) electrons. The van der Waals surface area contributed by atoms with Crippen molar-refractivity contribution in [3.8, 4) is 11.5 Å². The molecular formula is C21H23F3N6O2. The third-order valence-corrected chi connectivity index (χ3v) is 5.79. The van der Waals surface area contributed by atoms with Crippen LogP contribution in [0, 0.1) is 11.8 Å². The van der Waals surface area contributed by atoms with Gasteiger partial charge in [-0.1, -0.05) is 11.2 Å². The molecule has 0 spiro atoms. The Labute approximate surface area is 181 Å². The van der Waals surface area contributed by atoms with Gasteiger partial charge in [-0.05, 0) is 31.0 Å². The van der Waals surface area contributed by atoms with Crippen molar-refractivity contribution >= 4 is 22.5 Å². The minimum Gasteiger partial charge on any atom is -0.384 e. The lowest BCUT2D eigenvalue weighted by molar-refractivity contribution is -0.139. The van der Waals surface area contributed by atoms with Crippen molar-refractivity contribution in [1.82, 2.24) is 25.3 Å². The number of anilines is 1. The molecule has 2 aliphatic rings. The van der Waals surface area contributed by atoms with Crippen molar-refractivity contribution in [3.05, 3.63) is 30.2 Å². The highest BCUT2D eigenvalue weighted by Gasteiger charge is 2.32. The summed E-state index contributed by atoms with van der Waals surface area (Å²) in [5, 5.41) is 13.8. The van der Waals surface area contributed by atoms with Gasteiger partial charge in [0.1, 0.15) is 6.54 Å². The number of halogens is 3. The van der Waals surface area contributed by atoms with Crippen LogP contribution in [-0.2, 0) is 17.9 Å². The molecule has 1 amide bonds. The molecule has 5 rings (SSSR count). The summed E-state index contributed by atoms with van der Waals surface area (Å²) in [4.78, 5) is 16.1. The molecule has 170 valence electrons. The van der Waals surface area contributed by atoms with Crippen LogP contribution in [0.5, 0.6) is 0 Å². The van der Waals surface area contributed by atoms with E-state index in [1.165, 1.54) is 0 Å². The molecule has 2 aromatic heterocycles. The Kier molecular flexibility index (Phi) is 5.28. The second-order valence-corrected chi connectivity index (χ2v) is 8.38. The van der Waals surface area contributed by atoms with Crippen molar-refractivity contribution in [3.63, 3.8) is 0 Å². The highest BCUT2D eigenvalue weighted by atomic mass is 19.4. The predicted molar refractivity (Wildman–Crippen MR) is 111 cm³/mol. The molecule has 1 saturated carbocycles. The molecule has 11 heteroatoms. The molecule has 8 nitrogen and oxygen atoms in total. The molecule has 1 aliphatic carbocycles. The van der Waals surface area contributed by atoms with E-state index in [2.05, 4.69) is 26.1 Å². The predicted octanol–water partition coefficient (Wildman–Crippen LogP) is 2.91. The quantitative estimate of drug-likeness (QED) is 0.490. The van der Waals surface area contributed by atoms with Gasteiger partial charge in [-0.25, -0.2) is 0 Å². The Morgan fingerprint density at radius 1 is 1.28 bits per heavy atom. The fourth-order valence-corrected chi connectivity index (χ4v) is 3.80. The van der Waals surface area contributed by atoms with Crippen LogP contribution in [0.4, 0.5) is 18.9 Å². The first-order chi connectivity index (χ1) is 15.4. The van der Waals surface area contributed by atoms with Gasteiger partial charge in [0.25, 0.3) is 0 Å². The first-order valence-electron chi connectivity index (χ1n) is 10.6. The first-order valence-corrected chi connectivity index (χ1v) is 10.6. The van der Waals surface area contributed by atoms with Gasteiger partial charge >= 0.3 is 6.18 Å². The second kappa shape index (κ2) is 8.12. The molecule has 1 saturated heterocycles. The van der Waals surface area contributed by atoms with Crippen LogP contribution in [0.1, 0.15) is 18.7 Å². The van der Waals surface area contributed by atoms with Crippen molar-refractivity contribution in [2.24, 2.45) is 11.8 Å². The SMILES string of the molecule is O=C(NCc1nc(-c2cc3c(NCC4CNC4)cccc3n2CC(F)(F)F)no1)C1CC1. The number of carbonyl (C=O) groups is 1. The minimum absolute atomic E-state index is 0.0355. The van der Waals surface area contributed by atoms with Gasteiger partial charge in [0, 0.05) is 42.5 Å². The van der Waals surface area contributed by atoms with Crippen molar-refractivity contribution in [2.45, 2.75) is 32.1 Å². The van der Waals surface area contributed by atoms with Crippen LogP contribution in [0.3, 0.4) is 0 Å². The topological polar surface area (TPSA) is 97.0 Å². The molecule has 3 aromatic rings. The number of carbonyl (C=O) groups excluding carboxylic acids is 1. The van der Waals surface area contributed by atoms with E-state index in [1.54, 1.807) is 18.2 Å². The number of benzene rings is 1. The molecule has 32 heavy (non-hydrogen) atoms. The first kappa shape index (κ1) is 20.8. The monoisotopic (exact) mass is 448 g/mol. The zero-order chi connectivity index (χ0) is 22.3. The molecular weight excluding hydrogens is 425 g/mol. The smallest absolute Gasteiger partial charge is 0.384 e. The van der Waals surface area contributed by atoms with Gasteiger partial charge in [-0.2, -0.15) is 18.2 Å². The molecule has 0 atom stereocenters. The zero-order valence-corrected chi connectivity index (χ0v) is 17.2. The highest BCUT2D eigenvalue weighted by Crippen LogP contribution is 2.34. The van der Waals surface area contributed by atoms with Gasteiger partial charge in [0.2, 0.25) is 17.6 Å². The average molecular weight is 448 g/mol. The van der Waals surface area contributed by atoms with Gasteiger partial charge in [-0.3, -0.25) is 4.79 Å². The minimum atomic E-state index is -4.42. The van der Waals surface area contributed by atoms with Crippen molar-refractivity contribution < 1.29 is 22.5 Å². The molecule has 3 heterocycles. The Bertz CT molecular complexity index is 1130. The van der Waals surface area contributed by atoms with Gasteiger partial charge < -0.3 is 25.0 Å². The number of hydrogen-bond donors (Lipinski definition) is 3. The fourth-order valence-electron chi connectivity index (χ4n) is 3.80. The van der Waals surface area contributed by atoms with Crippen molar-refractivity contribution in [1.29, 1.82) is 0 Å². The highest BCUT2D eigenvalue weighted by molar-refractivity contribution is 5.96. The number of nitrogens with zero attached hydrogens (tertiary/aromatic N) is 3. The average Bonchev–Trinajstić information content (AvgIpc) is 3.36. The summed E-state index contributed by atoms with van der Waals surface area (Å²) in [6.45, 7) is 1.45. The Hall–Kier alpha value is -3.08. The summed E-state index contributed by atoms with van der Waals surface area (Å²) in [5.41, 5.74) is 1.40. The Morgan fingerprint density at radius 3 is 2.78 bits per heavy atom. The third-order valence-electron chi connectivity index (χ3n) is 5.79. The number of aromatic nitrogens is 3. The fraction of sp³-hybridized carbons (Fsp3) is 0.476. The van der Waals surface area contributed by atoms with Crippen LogP contribution < -0.4 is 16.0 Å². The van der Waals surface area contributed by atoms with E-state index in [0.717, 1.165) is 42.7 Å². The summed E-state index contributed by atoms with van der Waals surface area (Å²) in [6, 6.07) is 6.89. The normalized spacial score (nSPS) is 16.8. The van der Waals surface area contributed by atoms with E-state index >= 15 is 0 Å². The number of alkyl halides is 3. The maximum atomic E-state index is 13.4. The molecule has 3 N–H and O–H groups in total. The number of fused-ring (bicyclic) bond motifs is 1. The van der Waals surface area contributed by atoms with Crippen molar-refractivity contribution in [2.75, 3.05) is 25.0 Å². The largest absolute Gasteiger partial charge is 0.406 e. The van der Waals surface area contributed by atoms with Crippen LogP contribution in [0.15, 0.2) is 28.8 Å². The molecule has 1 aliphatic heterocycles. The molecule has 2 fully saturated rings. The number of nitrogens with one attached hydrogen (secondary N) is 3. The van der Waals surface area contributed by atoms with E-state index in [9.17, 15) is 18.0 Å². The van der Waals surface area contributed by atoms with E-state index in [4.69, 9.17) is 4.52 Å². The summed E-state index contributed by atoms with van der Waals surface area (Å²) < 4.78 is 46.5. The molecule has 0 bridgehead atoms. The number of hydrogen-bond acceptors (Lipinski definition) is 6. The lowest BCUT2D eigenvalue weighted by atomic mass is 10.0. The Morgan fingerprint density at radius 2 is 2.09 bits per heavy atom. The standard InChI is InChI=1S/C21H23F3N6O2/c22-21(23,24)11-30-16-3-1-2-15(26-9-12-7-25-8-12)14(16)6-17(30)19-28-18(32-29-19)10-27-20(31)13-4-5-13/h1-3,6,12-13,25-26H,4-5,7-11H2,(H,27,31). The van der Waals surface area contributed by atoms with E-state index in [-0.39, 0.29) is 35.8 Å². The van der Waals surface area contributed by atoms with E-state index in [1.807, 2.05) is 6.07 Å². The number of rotatable bonds is 8. The third kappa shape index (κ3) is 4.43. The molecule has 1 aromatic carbocycles. The van der Waals surface area contributed by atoms with Crippen LogP contribution >= 0.6 is 0 Å². The van der Waals surface area contributed by atoms with Crippen LogP contribution in [0.2, 0.25) is 0 Å². The summed E-state index contributed by atoms with van der Waals surface area (Å²) in [6.07, 6.45) is -2.69. The van der Waals surface area contributed by atoms with E-state index < -0.39 is 12.7 Å². The summed E-state index contributed by atoms with van der Waals surface area (Å²) in [5.74, 6) is 0.651. The van der Waals surface area contributed by atoms with Crippen LogP contribution in [-0.4, -0.2) is 46.4 Å². The lowest BCUT2D eigenvalue weighted by Crippen LogP contribution is -2.45. The summed E-state index contributed by atoms with van der Waals surface area (Å²) >= 11 is 0. The lowest BCUT2D eigenvalue weighted by Gasteiger charge is -2.27. The van der Waals surface area contributed by atoms with Crippen LogP contribution in [0.25, 0.3) is 22.4 Å². The zero-order valence-electron chi connectivity index (χ0n) is 17.2. The number of amides is 1. The van der Waals surface area contributed by atoms with Gasteiger partial charge in [0.15, 0.2) is 0 Å².